The fourth-order valence-electron chi connectivity index (χ4n) is 1.03. The zero-order valence-corrected chi connectivity index (χ0v) is 10.2. The van der Waals surface area contributed by atoms with Gasteiger partial charge in [0.05, 0.1) is 0 Å². The molecule has 1 nitrogen and oxygen atoms in total. The van der Waals surface area contributed by atoms with Gasteiger partial charge in [-0.3, -0.25) is 0 Å². The molecule has 0 fully saturated rings. The Bertz CT molecular complexity index is 201. The summed E-state index contributed by atoms with van der Waals surface area (Å²) in [6.45, 7) is 2.25. The molecule has 60 valence electrons. The third kappa shape index (κ3) is 3.01. The zero-order chi connectivity index (χ0) is 8.10. The van der Waals surface area contributed by atoms with Crippen LogP contribution >= 0.6 is 0 Å². The number of hydrogen-bond donors (Lipinski definition) is 0. The Morgan fingerprint density at radius 3 is 2.55 bits per heavy atom. The molecule has 0 N–H and O–H groups in total. The highest BCUT2D eigenvalue weighted by Gasteiger charge is 2.01. The minimum Gasteiger partial charge on any atom is -0.465 e. The van der Waals surface area contributed by atoms with E-state index in [1.165, 1.54) is 11.6 Å². The maximum Gasteiger partial charge on any atom is 0.163 e. The smallest absolute Gasteiger partial charge is 0.163 e. The van der Waals surface area contributed by atoms with Crippen molar-refractivity contribution in [3.05, 3.63) is 35.9 Å². The predicted octanol–water partition coefficient (Wildman–Crippen LogP) is 0.419. The highest BCUT2D eigenvalue weighted by atomic mass is 28.3. The van der Waals surface area contributed by atoms with Crippen molar-refractivity contribution < 1.29 is 4.12 Å². The van der Waals surface area contributed by atoms with E-state index in [4.69, 9.17) is 4.12 Å². The van der Waals surface area contributed by atoms with Crippen molar-refractivity contribution in [2.75, 3.05) is 0 Å². The molecule has 11 heavy (non-hydrogen) atoms. The largest absolute Gasteiger partial charge is 0.465 e. The average Bonchev–Trinajstić information content (AvgIpc) is 2.06. The predicted molar refractivity (Wildman–Crippen MR) is 54.2 cm³/mol. The average molecular weight is 182 g/mol. The summed E-state index contributed by atoms with van der Waals surface area (Å²) in [5.41, 5.74) is 1.42. The minimum absolute atomic E-state index is 0.846. The molecule has 0 aromatic heterocycles. The lowest BCUT2D eigenvalue weighted by Crippen LogP contribution is -2.15. The molecule has 1 unspecified atom stereocenters. The fraction of sp³-hybridized carbons (Fsp3) is 0.250. The normalized spacial score (nSPS) is 13.2. The van der Waals surface area contributed by atoms with Crippen LogP contribution in [0.25, 0.3) is 0 Å². The standard InChI is InChI=1S/C8H14OSi2/c1-11(9-10)7-8-5-3-2-4-6-8/h2-6,11H,7H2,1,10H3. The quantitative estimate of drug-likeness (QED) is 0.616. The highest BCUT2D eigenvalue weighted by Crippen LogP contribution is 2.01. The second-order valence-electron chi connectivity index (χ2n) is 2.74. The summed E-state index contributed by atoms with van der Waals surface area (Å²) in [6, 6.07) is 11.7. The number of rotatable bonds is 3. The Hall–Kier alpha value is -0.386. The SMILES string of the molecule is C[SiH](Cc1ccccc1)O[SiH3]. The summed E-state index contributed by atoms with van der Waals surface area (Å²) >= 11 is 0. The highest BCUT2D eigenvalue weighted by molar-refractivity contribution is 6.53. The Kier molecular flexibility index (Phi) is 3.55. The molecule has 0 saturated carbocycles. The van der Waals surface area contributed by atoms with Gasteiger partial charge in [-0.1, -0.05) is 30.3 Å². The van der Waals surface area contributed by atoms with Gasteiger partial charge in [-0.25, -0.2) is 0 Å². The van der Waals surface area contributed by atoms with Gasteiger partial charge in [0.1, 0.15) is 10.5 Å². The van der Waals surface area contributed by atoms with E-state index in [2.05, 4.69) is 36.9 Å². The molecule has 3 heteroatoms. The minimum atomic E-state index is -0.846. The van der Waals surface area contributed by atoms with Crippen LogP contribution in [0, 0.1) is 0 Å². The van der Waals surface area contributed by atoms with E-state index in [0.29, 0.717) is 0 Å². The van der Waals surface area contributed by atoms with Crippen molar-refractivity contribution in [2.24, 2.45) is 0 Å². The Morgan fingerprint density at radius 2 is 2.00 bits per heavy atom. The van der Waals surface area contributed by atoms with Crippen LogP contribution < -0.4 is 0 Å². The van der Waals surface area contributed by atoms with Gasteiger partial charge >= 0.3 is 0 Å². The lowest BCUT2D eigenvalue weighted by atomic mass is 10.2. The van der Waals surface area contributed by atoms with Crippen molar-refractivity contribution in [3.8, 4) is 0 Å². The number of hydrogen-bond acceptors (Lipinski definition) is 1. The Morgan fingerprint density at radius 1 is 1.36 bits per heavy atom. The molecule has 0 spiro atoms. The lowest BCUT2D eigenvalue weighted by Gasteiger charge is -2.06. The molecule has 0 aliphatic carbocycles. The van der Waals surface area contributed by atoms with E-state index < -0.39 is 9.04 Å². The molecule has 1 aromatic rings. The summed E-state index contributed by atoms with van der Waals surface area (Å²) in [7, 11) is 0.0491. The van der Waals surface area contributed by atoms with Crippen molar-refractivity contribution >= 4 is 19.5 Å². The van der Waals surface area contributed by atoms with E-state index >= 15 is 0 Å². The van der Waals surface area contributed by atoms with E-state index in [1.807, 2.05) is 0 Å². The van der Waals surface area contributed by atoms with E-state index in [0.717, 1.165) is 10.5 Å². The van der Waals surface area contributed by atoms with Crippen LogP contribution in [0.2, 0.25) is 6.55 Å². The molecule has 1 aromatic carbocycles. The van der Waals surface area contributed by atoms with Crippen molar-refractivity contribution in [1.82, 2.24) is 0 Å². The van der Waals surface area contributed by atoms with Gasteiger partial charge in [0.25, 0.3) is 0 Å². The van der Waals surface area contributed by atoms with Crippen LogP contribution in [-0.4, -0.2) is 19.5 Å². The molecular formula is C8H14OSi2. The van der Waals surface area contributed by atoms with Crippen LogP contribution in [-0.2, 0) is 10.2 Å². The van der Waals surface area contributed by atoms with Gasteiger partial charge in [-0.05, 0) is 18.2 Å². The van der Waals surface area contributed by atoms with Crippen molar-refractivity contribution in [1.29, 1.82) is 0 Å². The summed E-state index contributed by atoms with van der Waals surface area (Å²) in [4.78, 5) is 0. The third-order valence-corrected chi connectivity index (χ3v) is 6.03. The van der Waals surface area contributed by atoms with Gasteiger partial charge < -0.3 is 4.12 Å². The Labute approximate surface area is 72.7 Å². The topological polar surface area (TPSA) is 9.23 Å². The molecule has 0 saturated heterocycles. The summed E-state index contributed by atoms with van der Waals surface area (Å²) in [5, 5.41) is 0. The van der Waals surface area contributed by atoms with Crippen LogP contribution in [0.1, 0.15) is 5.56 Å². The molecular weight excluding hydrogens is 168 g/mol. The van der Waals surface area contributed by atoms with Crippen LogP contribution in [0.5, 0.6) is 0 Å². The number of benzene rings is 1. The van der Waals surface area contributed by atoms with Gasteiger partial charge in [-0.15, -0.1) is 0 Å². The summed E-state index contributed by atoms with van der Waals surface area (Å²) < 4.78 is 5.43. The molecule has 0 amide bonds. The van der Waals surface area contributed by atoms with Crippen molar-refractivity contribution in [3.63, 3.8) is 0 Å². The first-order valence-corrected chi connectivity index (χ1v) is 7.15. The molecule has 0 aliphatic heterocycles. The van der Waals surface area contributed by atoms with Crippen LogP contribution in [0.4, 0.5) is 0 Å². The maximum absolute atomic E-state index is 5.43. The van der Waals surface area contributed by atoms with E-state index in [9.17, 15) is 0 Å². The first-order chi connectivity index (χ1) is 5.33. The molecule has 0 heterocycles. The van der Waals surface area contributed by atoms with Crippen molar-refractivity contribution in [2.45, 2.75) is 12.6 Å². The third-order valence-electron chi connectivity index (χ3n) is 1.77. The van der Waals surface area contributed by atoms with E-state index in [-0.39, 0.29) is 0 Å². The fourth-order valence-corrected chi connectivity index (χ4v) is 2.63. The van der Waals surface area contributed by atoms with Crippen LogP contribution in [0.3, 0.4) is 0 Å². The van der Waals surface area contributed by atoms with E-state index in [1.54, 1.807) is 0 Å². The molecule has 1 rings (SSSR count). The second-order valence-corrected chi connectivity index (χ2v) is 6.65. The molecule has 0 bridgehead atoms. The van der Waals surface area contributed by atoms with Crippen LogP contribution in [0.15, 0.2) is 30.3 Å². The van der Waals surface area contributed by atoms with Gasteiger partial charge in [0, 0.05) is 0 Å². The lowest BCUT2D eigenvalue weighted by molar-refractivity contribution is 0.636. The molecule has 1 atom stereocenters. The van der Waals surface area contributed by atoms with Gasteiger partial charge in [0.15, 0.2) is 9.04 Å². The first kappa shape index (κ1) is 8.71. The van der Waals surface area contributed by atoms with Gasteiger partial charge in [-0.2, -0.15) is 0 Å². The van der Waals surface area contributed by atoms with Gasteiger partial charge in [0.2, 0.25) is 0 Å². The first-order valence-electron chi connectivity index (χ1n) is 3.89. The maximum atomic E-state index is 5.43. The summed E-state index contributed by atoms with van der Waals surface area (Å²) in [6.07, 6.45) is 0. The monoisotopic (exact) mass is 182 g/mol. The Balaban J connectivity index is 2.51. The molecule has 0 radical (unpaired) electrons. The second kappa shape index (κ2) is 4.48. The zero-order valence-electron chi connectivity index (χ0n) is 7.08. The summed E-state index contributed by atoms with van der Waals surface area (Å²) in [5.74, 6) is 0. The molecule has 0 aliphatic rings.